The molecule has 1 heterocycles. The van der Waals surface area contributed by atoms with Gasteiger partial charge in [0.25, 0.3) is 5.89 Å². The lowest BCUT2D eigenvalue weighted by Gasteiger charge is -2.16. The maximum atomic E-state index is 14.7. The van der Waals surface area contributed by atoms with E-state index in [-0.39, 0.29) is 42.0 Å². The van der Waals surface area contributed by atoms with Crippen LogP contribution in [0.25, 0.3) is 11.5 Å². The molecule has 3 N–H and O–H groups in total. The van der Waals surface area contributed by atoms with Crippen LogP contribution in [0.4, 0.5) is 30.6 Å². The Labute approximate surface area is 179 Å². The normalized spacial score (nSPS) is 11.6. The molecule has 10 heteroatoms. The van der Waals surface area contributed by atoms with Gasteiger partial charge in [-0.05, 0) is 36.2 Å². The van der Waals surface area contributed by atoms with Gasteiger partial charge in [-0.15, -0.1) is 5.10 Å². The molecule has 3 rings (SSSR count). The second-order valence-electron chi connectivity index (χ2n) is 8.35. The molecule has 2 aromatic carbocycles. The van der Waals surface area contributed by atoms with Crippen molar-refractivity contribution in [2.45, 2.75) is 32.1 Å². The van der Waals surface area contributed by atoms with Gasteiger partial charge in [0.2, 0.25) is 0 Å². The average Bonchev–Trinajstić information content (AvgIpc) is 3.18. The maximum Gasteiger partial charge on any atom is 0.315 e. The molecule has 0 unspecified atom stereocenters. The Balaban J connectivity index is 1.89. The molecule has 0 aliphatic carbocycles. The molecule has 0 aliphatic rings. The average molecular weight is 451 g/mol. The number of aliphatic hydroxyl groups is 1. The molecule has 0 saturated carbocycles. The van der Waals surface area contributed by atoms with Crippen molar-refractivity contribution in [3.8, 4) is 11.5 Å². The number of benzene rings is 2. The lowest BCUT2D eigenvalue weighted by Crippen LogP contribution is -2.19. The van der Waals surface area contributed by atoms with E-state index in [1.165, 1.54) is 18.2 Å². The number of hydrogen-bond acceptors (Lipinski definition) is 6. The molecule has 3 aromatic rings. The zero-order valence-electron chi connectivity index (χ0n) is 17.6. The molecule has 0 saturated heterocycles. The predicted octanol–water partition coefficient (Wildman–Crippen LogP) is 5.18. The lowest BCUT2D eigenvalue weighted by atomic mass is 10.1. The molecule has 1 aromatic heterocycles. The standard InChI is InChI=1S/C21H25F3N4O2Si/c1-31(2,3)11-8-13-4-7-17(16(23)12-13)26-19-14(5-6-15(22)18(19)24)20-27-28-21(30-20)25-9-10-29/h4-7,12,26,29H,8-11H2,1-3H3,(H,25,28). The third-order valence-electron chi connectivity index (χ3n) is 4.60. The molecule has 6 nitrogen and oxygen atoms in total. The fourth-order valence-corrected chi connectivity index (χ4v) is 3.93. The van der Waals surface area contributed by atoms with Gasteiger partial charge >= 0.3 is 6.01 Å². The molecule has 0 radical (unpaired) electrons. The van der Waals surface area contributed by atoms with Gasteiger partial charge in [-0.25, -0.2) is 13.2 Å². The molecule has 166 valence electrons. The highest BCUT2D eigenvalue weighted by atomic mass is 28.3. The molecule has 0 spiro atoms. The van der Waals surface area contributed by atoms with Crippen LogP contribution in [0.1, 0.15) is 5.56 Å². The fraction of sp³-hybridized carbons (Fsp3) is 0.333. The minimum absolute atomic E-state index is 0.000600. The number of anilines is 3. The van der Waals surface area contributed by atoms with Crippen LogP contribution in [0.2, 0.25) is 25.7 Å². The van der Waals surface area contributed by atoms with Crippen molar-refractivity contribution < 1.29 is 22.7 Å². The van der Waals surface area contributed by atoms with Crippen LogP contribution >= 0.6 is 0 Å². The van der Waals surface area contributed by atoms with Crippen LogP contribution in [0.15, 0.2) is 34.7 Å². The second kappa shape index (κ2) is 9.52. The van der Waals surface area contributed by atoms with Crippen molar-refractivity contribution in [2.75, 3.05) is 23.8 Å². The summed E-state index contributed by atoms with van der Waals surface area (Å²) in [6, 6.07) is 7.91. The van der Waals surface area contributed by atoms with E-state index in [0.29, 0.717) is 0 Å². The Morgan fingerprint density at radius 1 is 1.03 bits per heavy atom. The number of aryl methyl sites for hydroxylation is 1. The summed E-state index contributed by atoms with van der Waals surface area (Å²) >= 11 is 0. The molecule has 0 amide bonds. The first-order valence-corrected chi connectivity index (χ1v) is 13.6. The minimum atomic E-state index is -1.27. The van der Waals surface area contributed by atoms with Crippen molar-refractivity contribution in [1.82, 2.24) is 10.2 Å². The molecule has 0 atom stereocenters. The Hall–Kier alpha value is -2.85. The van der Waals surface area contributed by atoms with Gasteiger partial charge in [-0.1, -0.05) is 36.9 Å². The van der Waals surface area contributed by atoms with Crippen LogP contribution in [0.3, 0.4) is 0 Å². The van der Waals surface area contributed by atoms with Gasteiger partial charge < -0.3 is 20.2 Å². The van der Waals surface area contributed by atoms with Gasteiger partial charge in [0.1, 0.15) is 5.82 Å². The zero-order valence-corrected chi connectivity index (χ0v) is 18.6. The van der Waals surface area contributed by atoms with Crippen molar-refractivity contribution in [3.63, 3.8) is 0 Å². The summed E-state index contributed by atoms with van der Waals surface area (Å²) in [7, 11) is -1.27. The molecule has 0 aliphatic heterocycles. The monoisotopic (exact) mass is 450 g/mol. The predicted molar refractivity (Wildman–Crippen MR) is 117 cm³/mol. The van der Waals surface area contributed by atoms with Gasteiger partial charge in [-0.3, -0.25) is 0 Å². The van der Waals surface area contributed by atoms with E-state index in [4.69, 9.17) is 9.52 Å². The largest absolute Gasteiger partial charge is 0.403 e. The highest BCUT2D eigenvalue weighted by molar-refractivity contribution is 6.76. The molecular weight excluding hydrogens is 425 g/mol. The van der Waals surface area contributed by atoms with Crippen LogP contribution in [0.5, 0.6) is 0 Å². The van der Waals surface area contributed by atoms with E-state index >= 15 is 0 Å². The minimum Gasteiger partial charge on any atom is -0.403 e. The molecule has 31 heavy (non-hydrogen) atoms. The summed E-state index contributed by atoms with van der Waals surface area (Å²) in [6.07, 6.45) is 0.762. The smallest absolute Gasteiger partial charge is 0.315 e. The first-order chi connectivity index (χ1) is 14.7. The lowest BCUT2D eigenvalue weighted by molar-refractivity contribution is 0.309. The van der Waals surface area contributed by atoms with E-state index in [2.05, 4.69) is 40.5 Å². The van der Waals surface area contributed by atoms with Crippen molar-refractivity contribution >= 4 is 25.5 Å². The number of aliphatic hydroxyl groups excluding tert-OH is 1. The number of nitrogens with one attached hydrogen (secondary N) is 2. The van der Waals surface area contributed by atoms with E-state index in [9.17, 15) is 13.2 Å². The van der Waals surface area contributed by atoms with E-state index in [1.807, 2.05) is 0 Å². The molecule has 0 fully saturated rings. The SMILES string of the molecule is C[Si](C)(C)CCc1ccc(Nc2c(-c3nnc(NCCO)o3)ccc(F)c2F)c(F)c1. The number of halogens is 3. The van der Waals surface area contributed by atoms with E-state index in [1.54, 1.807) is 6.07 Å². The van der Waals surface area contributed by atoms with Gasteiger partial charge in [0.15, 0.2) is 11.6 Å². The van der Waals surface area contributed by atoms with Gasteiger partial charge in [-0.2, -0.15) is 0 Å². The zero-order chi connectivity index (χ0) is 22.6. The Morgan fingerprint density at radius 3 is 2.48 bits per heavy atom. The number of hydrogen-bond donors (Lipinski definition) is 3. The second-order valence-corrected chi connectivity index (χ2v) is 14.0. The number of rotatable bonds is 9. The van der Waals surface area contributed by atoms with E-state index in [0.717, 1.165) is 24.1 Å². The number of nitrogens with zero attached hydrogens (tertiary/aromatic N) is 2. The molecular formula is C21H25F3N4O2Si. The Bertz CT molecular complexity index is 1050. The quantitative estimate of drug-likeness (QED) is 0.390. The topological polar surface area (TPSA) is 83.2 Å². The third kappa shape index (κ3) is 5.86. The summed E-state index contributed by atoms with van der Waals surface area (Å²) in [6.45, 7) is 6.77. The van der Waals surface area contributed by atoms with Gasteiger partial charge in [0.05, 0.1) is 23.5 Å². The highest BCUT2D eigenvalue weighted by Gasteiger charge is 2.21. The first-order valence-electron chi connectivity index (χ1n) is 9.90. The fourth-order valence-electron chi connectivity index (χ4n) is 2.89. The van der Waals surface area contributed by atoms with Crippen LogP contribution in [-0.2, 0) is 6.42 Å². The summed E-state index contributed by atoms with van der Waals surface area (Å²) in [5.41, 5.74) is 0.610. The van der Waals surface area contributed by atoms with Crippen molar-refractivity contribution in [2.24, 2.45) is 0 Å². The summed E-state index contributed by atoms with van der Waals surface area (Å²) < 4.78 is 48.6. The van der Waals surface area contributed by atoms with Gasteiger partial charge in [0, 0.05) is 14.6 Å². The van der Waals surface area contributed by atoms with Crippen LogP contribution in [0, 0.1) is 17.5 Å². The Kier molecular flexibility index (Phi) is 7.01. The van der Waals surface area contributed by atoms with Crippen LogP contribution < -0.4 is 10.6 Å². The van der Waals surface area contributed by atoms with Crippen molar-refractivity contribution in [3.05, 3.63) is 53.3 Å². The highest BCUT2D eigenvalue weighted by Crippen LogP contribution is 2.34. The summed E-state index contributed by atoms with van der Waals surface area (Å²) in [5, 5.41) is 21.7. The third-order valence-corrected chi connectivity index (χ3v) is 6.35. The molecule has 0 bridgehead atoms. The maximum absolute atomic E-state index is 14.7. The van der Waals surface area contributed by atoms with Crippen molar-refractivity contribution in [1.29, 1.82) is 0 Å². The van der Waals surface area contributed by atoms with Crippen LogP contribution in [-0.4, -0.2) is 36.5 Å². The summed E-state index contributed by atoms with van der Waals surface area (Å²) in [4.78, 5) is 0. The number of aromatic nitrogens is 2. The first kappa shape index (κ1) is 22.8. The Morgan fingerprint density at radius 2 is 1.81 bits per heavy atom. The summed E-state index contributed by atoms with van der Waals surface area (Å²) in [5.74, 6) is -2.95. The van der Waals surface area contributed by atoms with E-state index < -0.39 is 25.5 Å².